The quantitative estimate of drug-likeness (QED) is 0.474. The normalized spacial score (nSPS) is 10.7. The fourth-order valence-corrected chi connectivity index (χ4v) is 3.84. The van der Waals surface area contributed by atoms with Gasteiger partial charge in [-0.05, 0) is 48.0 Å². The molecule has 0 bridgehead atoms. The molecular weight excluding hydrogens is 420 g/mol. The largest absolute Gasteiger partial charge is 0.497 e. The van der Waals surface area contributed by atoms with E-state index in [4.69, 9.17) is 14.2 Å². The molecule has 3 aromatic carbocycles. The Kier molecular flexibility index (Phi) is 6.04. The molecule has 0 spiro atoms. The fourth-order valence-electron chi connectivity index (χ4n) is 3.84. The number of hydrogen-bond acceptors (Lipinski definition) is 5. The molecule has 4 aromatic rings. The molecule has 0 aliphatic rings. The number of methoxy groups -OCH3 is 3. The SMILES string of the molecule is COc1cccc(C(=O)Nc2c(-c3ccc(OC)c(OC)c3)c(=O)c3ccccc3n2C)c1. The van der Waals surface area contributed by atoms with Gasteiger partial charge >= 0.3 is 0 Å². The van der Waals surface area contributed by atoms with Gasteiger partial charge in [-0.15, -0.1) is 0 Å². The zero-order valence-electron chi connectivity index (χ0n) is 18.8. The van der Waals surface area contributed by atoms with Gasteiger partial charge in [0.1, 0.15) is 11.6 Å². The van der Waals surface area contributed by atoms with Gasteiger partial charge in [0.25, 0.3) is 5.91 Å². The molecule has 1 aromatic heterocycles. The van der Waals surface area contributed by atoms with Gasteiger partial charge in [-0.2, -0.15) is 0 Å². The van der Waals surface area contributed by atoms with Gasteiger partial charge in [0, 0.05) is 18.0 Å². The number of ether oxygens (including phenoxy) is 3. The van der Waals surface area contributed by atoms with Crippen LogP contribution in [-0.2, 0) is 7.05 Å². The van der Waals surface area contributed by atoms with E-state index >= 15 is 0 Å². The number of fused-ring (bicyclic) bond motifs is 1. The van der Waals surface area contributed by atoms with Crippen LogP contribution in [0.25, 0.3) is 22.0 Å². The maximum atomic E-state index is 13.6. The first kappa shape index (κ1) is 22.0. The summed E-state index contributed by atoms with van der Waals surface area (Å²) >= 11 is 0. The van der Waals surface area contributed by atoms with Crippen LogP contribution in [-0.4, -0.2) is 31.8 Å². The number of amides is 1. The van der Waals surface area contributed by atoms with E-state index in [0.717, 1.165) is 0 Å². The van der Waals surface area contributed by atoms with Crippen molar-refractivity contribution in [3.8, 4) is 28.4 Å². The van der Waals surface area contributed by atoms with Crippen LogP contribution in [0.1, 0.15) is 10.4 Å². The highest BCUT2D eigenvalue weighted by Gasteiger charge is 2.21. The van der Waals surface area contributed by atoms with Crippen LogP contribution in [0, 0.1) is 0 Å². The first-order valence-electron chi connectivity index (χ1n) is 10.3. The number of hydrogen-bond donors (Lipinski definition) is 1. The summed E-state index contributed by atoms with van der Waals surface area (Å²) in [7, 11) is 6.43. The smallest absolute Gasteiger partial charge is 0.256 e. The lowest BCUT2D eigenvalue weighted by atomic mass is 10.0. The summed E-state index contributed by atoms with van der Waals surface area (Å²) in [5.41, 5.74) is 1.87. The van der Waals surface area contributed by atoms with Crippen molar-refractivity contribution >= 4 is 22.6 Å². The first-order chi connectivity index (χ1) is 16.0. The Morgan fingerprint density at radius 1 is 0.848 bits per heavy atom. The number of aromatic nitrogens is 1. The average Bonchev–Trinajstić information content (AvgIpc) is 2.86. The highest BCUT2D eigenvalue weighted by Crippen LogP contribution is 2.35. The molecule has 0 aliphatic carbocycles. The van der Waals surface area contributed by atoms with Gasteiger partial charge in [-0.3, -0.25) is 9.59 Å². The Bertz CT molecular complexity index is 1410. The number of para-hydroxylation sites is 1. The van der Waals surface area contributed by atoms with E-state index in [1.54, 1.807) is 67.3 Å². The summed E-state index contributed by atoms with van der Waals surface area (Å²) in [6.45, 7) is 0. The number of pyridine rings is 1. The summed E-state index contributed by atoms with van der Waals surface area (Å²) in [4.78, 5) is 26.8. The maximum absolute atomic E-state index is 13.6. The van der Waals surface area contributed by atoms with Crippen molar-refractivity contribution in [1.29, 1.82) is 0 Å². The number of anilines is 1. The summed E-state index contributed by atoms with van der Waals surface area (Å²) in [6, 6.07) is 19.3. The molecule has 1 heterocycles. The number of carbonyl (C=O) groups is 1. The van der Waals surface area contributed by atoms with E-state index in [1.165, 1.54) is 7.11 Å². The van der Waals surface area contributed by atoms with E-state index in [2.05, 4.69) is 5.32 Å². The zero-order chi connectivity index (χ0) is 23.5. The van der Waals surface area contributed by atoms with E-state index < -0.39 is 0 Å². The Morgan fingerprint density at radius 3 is 2.33 bits per heavy atom. The van der Waals surface area contributed by atoms with Crippen LogP contribution < -0.4 is 25.0 Å². The van der Waals surface area contributed by atoms with Gasteiger partial charge < -0.3 is 24.1 Å². The van der Waals surface area contributed by atoms with Crippen LogP contribution in [0.4, 0.5) is 5.82 Å². The lowest BCUT2D eigenvalue weighted by Crippen LogP contribution is -2.21. The number of rotatable bonds is 6. The van der Waals surface area contributed by atoms with Crippen molar-refractivity contribution in [1.82, 2.24) is 4.57 Å². The van der Waals surface area contributed by atoms with Crippen molar-refractivity contribution in [2.24, 2.45) is 7.05 Å². The lowest BCUT2D eigenvalue weighted by Gasteiger charge is -2.19. The maximum Gasteiger partial charge on any atom is 0.256 e. The highest BCUT2D eigenvalue weighted by molar-refractivity contribution is 6.07. The van der Waals surface area contributed by atoms with E-state index in [0.29, 0.717) is 50.7 Å². The van der Waals surface area contributed by atoms with Gasteiger partial charge in [0.15, 0.2) is 16.9 Å². The molecule has 0 saturated heterocycles. The third kappa shape index (κ3) is 4.01. The third-order valence-corrected chi connectivity index (χ3v) is 5.55. The first-order valence-corrected chi connectivity index (χ1v) is 10.3. The molecule has 0 fully saturated rings. The minimum absolute atomic E-state index is 0.197. The molecule has 0 unspecified atom stereocenters. The fraction of sp³-hybridized carbons (Fsp3) is 0.154. The molecule has 168 valence electrons. The molecule has 0 saturated carbocycles. The predicted octanol–water partition coefficient (Wildman–Crippen LogP) is 4.48. The number of nitrogens with zero attached hydrogens (tertiary/aromatic N) is 1. The second-order valence-electron chi connectivity index (χ2n) is 7.38. The van der Waals surface area contributed by atoms with E-state index in [1.807, 2.05) is 25.2 Å². The zero-order valence-corrected chi connectivity index (χ0v) is 18.8. The van der Waals surface area contributed by atoms with Gasteiger partial charge in [0.05, 0.1) is 32.4 Å². The molecular formula is C26H24N2O5. The van der Waals surface area contributed by atoms with Gasteiger partial charge in [-0.25, -0.2) is 0 Å². The number of carbonyl (C=O) groups excluding carboxylic acids is 1. The van der Waals surface area contributed by atoms with Crippen molar-refractivity contribution < 1.29 is 19.0 Å². The van der Waals surface area contributed by atoms with Crippen LogP contribution in [0.15, 0.2) is 71.5 Å². The third-order valence-electron chi connectivity index (χ3n) is 5.55. The van der Waals surface area contributed by atoms with Crippen molar-refractivity contribution in [3.05, 3.63) is 82.5 Å². The van der Waals surface area contributed by atoms with Crippen molar-refractivity contribution in [2.45, 2.75) is 0 Å². The second-order valence-corrected chi connectivity index (χ2v) is 7.38. The van der Waals surface area contributed by atoms with Crippen LogP contribution in [0.2, 0.25) is 0 Å². The van der Waals surface area contributed by atoms with Crippen molar-refractivity contribution in [3.63, 3.8) is 0 Å². The number of benzene rings is 3. The monoisotopic (exact) mass is 444 g/mol. The molecule has 7 heteroatoms. The van der Waals surface area contributed by atoms with E-state index in [-0.39, 0.29) is 11.3 Å². The van der Waals surface area contributed by atoms with Crippen LogP contribution in [0.5, 0.6) is 17.2 Å². The Balaban J connectivity index is 1.94. The second kappa shape index (κ2) is 9.08. The van der Waals surface area contributed by atoms with E-state index in [9.17, 15) is 9.59 Å². The Labute approximate surface area is 191 Å². The molecule has 0 radical (unpaired) electrons. The molecule has 0 atom stereocenters. The minimum Gasteiger partial charge on any atom is -0.497 e. The lowest BCUT2D eigenvalue weighted by molar-refractivity contribution is 0.102. The van der Waals surface area contributed by atoms with Crippen molar-refractivity contribution in [2.75, 3.05) is 26.6 Å². The molecule has 1 amide bonds. The Hall–Kier alpha value is -4.26. The standard InChI is InChI=1S/C26H24N2O5/c1-28-20-11-6-5-10-19(20)24(29)23(16-12-13-21(32-3)22(15-16)33-4)25(28)27-26(30)17-8-7-9-18(14-17)31-2/h5-15H,1-4H3,(H,27,30). The number of aryl methyl sites for hydroxylation is 1. The van der Waals surface area contributed by atoms with Gasteiger partial charge in [-0.1, -0.05) is 24.3 Å². The summed E-state index contributed by atoms with van der Waals surface area (Å²) in [5, 5.41) is 3.49. The molecule has 7 nitrogen and oxygen atoms in total. The topological polar surface area (TPSA) is 78.8 Å². The summed E-state index contributed by atoms with van der Waals surface area (Å²) in [6.07, 6.45) is 0. The highest BCUT2D eigenvalue weighted by atomic mass is 16.5. The van der Waals surface area contributed by atoms with Crippen LogP contribution >= 0.6 is 0 Å². The molecule has 4 rings (SSSR count). The molecule has 0 aliphatic heterocycles. The molecule has 1 N–H and O–H groups in total. The average molecular weight is 444 g/mol. The van der Waals surface area contributed by atoms with Gasteiger partial charge in [0.2, 0.25) is 0 Å². The predicted molar refractivity (Wildman–Crippen MR) is 129 cm³/mol. The molecule has 33 heavy (non-hydrogen) atoms. The minimum atomic E-state index is -0.360. The Morgan fingerprint density at radius 2 is 1.61 bits per heavy atom. The van der Waals surface area contributed by atoms with Crippen LogP contribution in [0.3, 0.4) is 0 Å². The summed E-state index contributed by atoms with van der Waals surface area (Å²) in [5.74, 6) is 1.60. The number of nitrogens with one attached hydrogen (secondary N) is 1. The summed E-state index contributed by atoms with van der Waals surface area (Å²) < 4.78 is 17.8.